The fourth-order valence-corrected chi connectivity index (χ4v) is 2.79. The molecular formula is C17H22ClN3O. The third-order valence-electron chi connectivity index (χ3n) is 4.01. The number of anilines is 1. The minimum Gasteiger partial charge on any atom is -0.368 e. The zero-order chi connectivity index (χ0) is 16.1. The van der Waals surface area contributed by atoms with Crippen LogP contribution in [-0.2, 0) is 4.79 Å². The van der Waals surface area contributed by atoms with E-state index in [1.54, 1.807) is 6.07 Å². The fourth-order valence-electron chi connectivity index (χ4n) is 2.58. The smallest absolute Gasteiger partial charge is 0.222 e. The Kier molecular flexibility index (Phi) is 5.68. The van der Waals surface area contributed by atoms with Crippen LogP contribution in [0.1, 0.15) is 32.3 Å². The SMILES string of the molecule is CC(C)CCC(=O)N1CCN(c2ccc(C#N)c(Cl)c2)CC1. The molecule has 0 radical (unpaired) electrons. The molecule has 22 heavy (non-hydrogen) atoms. The van der Waals surface area contributed by atoms with Crippen LogP contribution in [-0.4, -0.2) is 37.0 Å². The topological polar surface area (TPSA) is 47.3 Å². The summed E-state index contributed by atoms with van der Waals surface area (Å²) < 4.78 is 0. The van der Waals surface area contributed by atoms with Crippen LogP contribution < -0.4 is 4.90 Å². The first-order valence-electron chi connectivity index (χ1n) is 7.73. The molecule has 1 saturated heterocycles. The van der Waals surface area contributed by atoms with E-state index in [0.29, 0.717) is 22.9 Å². The van der Waals surface area contributed by atoms with Gasteiger partial charge in [-0.2, -0.15) is 5.26 Å². The van der Waals surface area contributed by atoms with Crippen molar-refractivity contribution in [3.63, 3.8) is 0 Å². The predicted octanol–water partition coefficient (Wildman–Crippen LogP) is 3.30. The van der Waals surface area contributed by atoms with Crippen LogP contribution in [0.2, 0.25) is 5.02 Å². The minimum absolute atomic E-state index is 0.256. The van der Waals surface area contributed by atoms with Crippen LogP contribution in [0.15, 0.2) is 18.2 Å². The maximum absolute atomic E-state index is 12.1. The normalized spacial score (nSPS) is 15.0. The maximum atomic E-state index is 12.1. The zero-order valence-corrected chi connectivity index (χ0v) is 13.9. The third-order valence-corrected chi connectivity index (χ3v) is 4.32. The van der Waals surface area contributed by atoms with Crippen molar-refractivity contribution in [2.24, 2.45) is 5.92 Å². The fraction of sp³-hybridized carbons (Fsp3) is 0.529. The lowest BCUT2D eigenvalue weighted by atomic mass is 10.1. The summed E-state index contributed by atoms with van der Waals surface area (Å²) in [5.41, 5.74) is 1.51. The van der Waals surface area contributed by atoms with Gasteiger partial charge in [-0.05, 0) is 30.5 Å². The van der Waals surface area contributed by atoms with Crippen molar-refractivity contribution < 1.29 is 4.79 Å². The summed E-state index contributed by atoms with van der Waals surface area (Å²) in [7, 11) is 0. The molecule has 5 heteroatoms. The first-order valence-corrected chi connectivity index (χ1v) is 8.11. The summed E-state index contributed by atoms with van der Waals surface area (Å²) in [4.78, 5) is 16.3. The lowest BCUT2D eigenvalue weighted by molar-refractivity contribution is -0.131. The van der Waals surface area contributed by atoms with Crippen molar-refractivity contribution in [3.05, 3.63) is 28.8 Å². The van der Waals surface area contributed by atoms with Crippen LogP contribution in [0.25, 0.3) is 0 Å². The highest BCUT2D eigenvalue weighted by Gasteiger charge is 2.21. The number of carbonyl (C=O) groups excluding carboxylic acids is 1. The number of nitriles is 1. The Morgan fingerprint density at radius 1 is 1.32 bits per heavy atom. The van der Waals surface area contributed by atoms with Gasteiger partial charge in [-0.25, -0.2) is 0 Å². The Morgan fingerprint density at radius 2 is 2.00 bits per heavy atom. The van der Waals surface area contributed by atoms with Gasteiger partial charge in [0.25, 0.3) is 0 Å². The van der Waals surface area contributed by atoms with Crippen molar-refractivity contribution in [3.8, 4) is 6.07 Å². The molecule has 1 aromatic carbocycles. The second kappa shape index (κ2) is 7.51. The molecular weight excluding hydrogens is 298 g/mol. The average molecular weight is 320 g/mol. The highest BCUT2D eigenvalue weighted by atomic mass is 35.5. The number of hydrogen-bond acceptors (Lipinski definition) is 3. The second-order valence-electron chi connectivity index (χ2n) is 6.08. The van der Waals surface area contributed by atoms with Crippen molar-refractivity contribution in [2.75, 3.05) is 31.1 Å². The van der Waals surface area contributed by atoms with E-state index in [2.05, 4.69) is 24.8 Å². The summed E-state index contributed by atoms with van der Waals surface area (Å²) >= 11 is 6.09. The van der Waals surface area contributed by atoms with E-state index in [4.69, 9.17) is 16.9 Å². The number of rotatable bonds is 4. The number of piperazine rings is 1. The summed E-state index contributed by atoms with van der Waals surface area (Å²) in [6.45, 7) is 7.37. The minimum atomic E-state index is 0.256. The first-order chi connectivity index (χ1) is 10.5. The molecule has 118 valence electrons. The van der Waals surface area contributed by atoms with E-state index in [-0.39, 0.29) is 5.91 Å². The van der Waals surface area contributed by atoms with Crippen molar-refractivity contribution in [2.45, 2.75) is 26.7 Å². The Bertz CT molecular complexity index is 572. The van der Waals surface area contributed by atoms with Crippen LogP contribution in [0.4, 0.5) is 5.69 Å². The van der Waals surface area contributed by atoms with Crippen molar-refractivity contribution in [1.82, 2.24) is 4.90 Å². The standard InChI is InChI=1S/C17H22ClN3O/c1-13(2)3-6-17(22)21-9-7-20(8-10-21)15-5-4-14(12-19)16(18)11-15/h4-5,11,13H,3,6-10H2,1-2H3. The van der Waals surface area contributed by atoms with Gasteiger partial charge in [-0.1, -0.05) is 25.4 Å². The van der Waals surface area contributed by atoms with Crippen molar-refractivity contribution in [1.29, 1.82) is 5.26 Å². The summed E-state index contributed by atoms with van der Waals surface area (Å²) in [5, 5.41) is 9.39. The van der Waals surface area contributed by atoms with Crippen LogP contribution >= 0.6 is 11.6 Å². The molecule has 4 nitrogen and oxygen atoms in total. The third kappa shape index (κ3) is 4.14. The van der Waals surface area contributed by atoms with Gasteiger partial charge in [0.15, 0.2) is 0 Å². The molecule has 0 aromatic heterocycles. The summed E-state index contributed by atoms with van der Waals surface area (Å²) in [6.07, 6.45) is 1.59. The molecule has 0 N–H and O–H groups in total. The van der Waals surface area contributed by atoms with Gasteiger partial charge in [-0.3, -0.25) is 4.79 Å². The lowest BCUT2D eigenvalue weighted by Gasteiger charge is -2.36. The van der Waals surface area contributed by atoms with Gasteiger partial charge in [0.1, 0.15) is 6.07 Å². The van der Waals surface area contributed by atoms with E-state index < -0.39 is 0 Å². The molecule has 1 heterocycles. The van der Waals surface area contributed by atoms with Crippen LogP contribution in [0.3, 0.4) is 0 Å². The molecule has 0 atom stereocenters. The molecule has 0 saturated carbocycles. The molecule has 1 aliphatic rings. The van der Waals surface area contributed by atoms with Gasteiger partial charge >= 0.3 is 0 Å². The van der Waals surface area contributed by atoms with E-state index in [0.717, 1.165) is 38.3 Å². The number of hydrogen-bond donors (Lipinski definition) is 0. The number of amides is 1. The maximum Gasteiger partial charge on any atom is 0.222 e. The molecule has 0 unspecified atom stereocenters. The Hall–Kier alpha value is -1.73. The predicted molar refractivity (Wildman–Crippen MR) is 89.0 cm³/mol. The molecule has 2 rings (SSSR count). The monoisotopic (exact) mass is 319 g/mol. The van der Waals surface area contributed by atoms with E-state index in [1.165, 1.54) is 0 Å². The molecule has 1 fully saturated rings. The van der Waals surface area contributed by atoms with Gasteiger partial charge < -0.3 is 9.80 Å². The lowest BCUT2D eigenvalue weighted by Crippen LogP contribution is -2.48. The van der Waals surface area contributed by atoms with E-state index >= 15 is 0 Å². The van der Waals surface area contributed by atoms with Gasteiger partial charge in [0.05, 0.1) is 10.6 Å². The Labute approximate surface area is 137 Å². The Balaban J connectivity index is 1.91. The quantitative estimate of drug-likeness (QED) is 0.855. The van der Waals surface area contributed by atoms with Crippen LogP contribution in [0, 0.1) is 17.2 Å². The number of carbonyl (C=O) groups is 1. The molecule has 1 aromatic rings. The number of benzene rings is 1. The molecule has 0 aliphatic carbocycles. The summed E-state index contributed by atoms with van der Waals surface area (Å²) in [5.74, 6) is 0.817. The molecule has 0 bridgehead atoms. The molecule has 1 aliphatic heterocycles. The second-order valence-corrected chi connectivity index (χ2v) is 6.48. The number of halogens is 1. The number of nitrogens with zero attached hydrogens (tertiary/aromatic N) is 3. The highest BCUT2D eigenvalue weighted by molar-refractivity contribution is 6.32. The van der Waals surface area contributed by atoms with Crippen molar-refractivity contribution >= 4 is 23.2 Å². The molecule has 0 spiro atoms. The largest absolute Gasteiger partial charge is 0.368 e. The van der Waals surface area contributed by atoms with E-state index in [9.17, 15) is 4.79 Å². The van der Waals surface area contributed by atoms with Crippen LogP contribution in [0.5, 0.6) is 0 Å². The van der Waals surface area contributed by atoms with Gasteiger partial charge in [-0.15, -0.1) is 0 Å². The van der Waals surface area contributed by atoms with E-state index in [1.807, 2.05) is 17.0 Å². The summed E-state index contributed by atoms with van der Waals surface area (Å²) in [6, 6.07) is 7.56. The van der Waals surface area contributed by atoms with Gasteiger partial charge in [0, 0.05) is 38.3 Å². The highest BCUT2D eigenvalue weighted by Crippen LogP contribution is 2.24. The average Bonchev–Trinajstić information content (AvgIpc) is 2.52. The molecule has 1 amide bonds. The Morgan fingerprint density at radius 3 is 2.55 bits per heavy atom. The zero-order valence-electron chi connectivity index (χ0n) is 13.2. The first kappa shape index (κ1) is 16.6. The van der Waals surface area contributed by atoms with Gasteiger partial charge in [0.2, 0.25) is 5.91 Å².